The van der Waals surface area contributed by atoms with Gasteiger partial charge < -0.3 is 10.4 Å². The summed E-state index contributed by atoms with van der Waals surface area (Å²) in [5.41, 5.74) is 0.291. The fraction of sp³-hybridized carbons (Fsp3) is 1.00. The third-order valence-electron chi connectivity index (χ3n) is 2.66. The maximum Gasteiger partial charge on any atom is 0.0541 e. The highest BCUT2D eigenvalue weighted by molar-refractivity contribution is 4.87. The van der Waals surface area contributed by atoms with E-state index in [1.54, 1.807) is 0 Å². The van der Waals surface area contributed by atoms with E-state index >= 15 is 0 Å². The van der Waals surface area contributed by atoms with Gasteiger partial charge in [0.2, 0.25) is 0 Å². The molecule has 1 rings (SSSR count). The van der Waals surface area contributed by atoms with Crippen molar-refractivity contribution >= 4 is 0 Å². The Morgan fingerprint density at radius 2 is 1.90 bits per heavy atom. The minimum Gasteiger partial charge on any atom is -0.393 e. The summed E-state index contributed by atoms with van der Waals surface area (Å²) in [6.07, 6.45) is 4.07. The Kier molecular flexibility index (Phi) is 2.32. The van der Waals surface area contributed by atoms with Crippen LogP contribution in [0.25, 0.3) is 0 Å². The number of rotatable bonds is 1. The predicted molar refractivity (Wildman–Crippen MR) is 41.9 cm³/mol. The summed E-state index contributed by atoms with van der Waals surface area (Å²) in [7, 11) is 2.00. The maximum atomic E-state index is 9.21. The van der Waals surface area contributed by atoms with Crippen molar-refractivity contribution in [3.05, 3.63) is 0 Å². The van der Waals surface area contributed by atoms with Crippen LogP contribution in [0.4, 0.5) is 0 Å². The second-order valence-corrected chi connectivity index (χ2v) is 3.54. The van der Waals surface area contributed by atoms with Gasteiger partial charge in [-0.25, -0.2) is 0 Å². The molecule has 0 radical (unpaired) electrons. The molecule has 0 amide bonds. The van der Waals surface area contributed by atoms with Gasteiger partial charge in [0, 0.05) is 5.54 Å². The van der Waals surface area contributed by atoms with Crippen molar-refractivity contribution < 1.29 is 5.11 Å². The lowest BCUT2D eigenvalue weighted by Crippen LogP contribution is -2.43. The Balaban J connectivity index is 2.38. The van der Waals surface area contributed by atoms with Gasteiger partial charge in [-0.3, -0.25) is 0 Å². The van der Waals surface area contributed by atoms with Gasteiger partial charge in [0.05, 0.1) is 6.10 Å². The van der Waals surface area contributed by atoms with Crippen molar-refractivity contribution in [2.24, 2.45) is 0 Å². The molecule has 0 heterocycles. The maximum absolute atomic E-state index is 9.21. The molecular formula is C8H17NO. The summed E-state index contributed by atoms with van der Waals surface area (Å²) in [4.78, 5) is 0. The van der Waals surface area contributed by atoms with Gasteiger partial charge in [-0.1, -0.05) is 0 Å². The largest absolute Gasteiger partial charge is 0.393 e. The number of aliphatic hydroxyl groups excluding tert-OH is 1. The first-order valence-electron chi connectivity index (χ1n) is 4.03. The van der Waals surface area contributed by atoms with Gasteiger partial charge in [-0.2, -0.15) is 0 Å². The molecule has 0 bridgehead atoms. The zero-order valence-corrected chi connectivity index (χ0v) is 6.85. The minimum atomic E-state index is -0.0403. The molecule has 1 aliphatic carbocycles. The van der Waals surface area contributed by atoms with E-state index in [0.29, 0.717) is 5.54 Å². The average Bonchev–Trinajstić information content (AvgIpc) is 1.96. The molecule has 0 aromatic heterocycles. The summed E-state index contributed by atoms with van der Waals surface area (Å²) in [5, 5.41) is 12.5. The van der Waals surface area contributed by atoms with E-state index in [2.05, 4.69) is 12.2 Å². The van der Waals surface area contributed by atoms with Crippen molar-refractivity contribution in [3.8, 4) is 0 Å². The van der Waals surface area contributed by atoms with Crippen LogP contribution in [0, 0.1) is 0 Å². The highest BCUT2D eigenvalue weighted by Gasteiger charge is 2.27. The molecule has 0 aromatic carbocycles. The van der Waals surface area contributed by atoms with Crippen molar-refractivity contribution in [2.45, 2.75) is 44.2 Å². The van der Waals surface area contributed by atoms with Crippen LogP contribution in [0.2, 0.25) is 0 Å². The lowest BCUT2D eigenvalue weighted by atomic mass is 9.82. The molecule has 1 saturated carbocycles. The fourth-order valence-electron chi connectivity index (χ4n) is 1.49. The third kappa shape index (κ3) is 1.70. The Hall–Kier alpha value is -0.0800. The molecule has 1 fully saturated rings. The smallest absolute Gasteiger partial charge is 0.0541 e. The number of hydrogen-bond donors (Lipinski definition) is 2. The van der Waals surface area contributed by atoms with E-state index in [9.17, 15) is 5.11 Å². The molecule has 0 aromatic rings. The molecule has 60 valence electrons. The van der Waals surface area contributed by atoms with E-state index in [1.807, 2.05) is 7.05 Å². The van der Waals surface area contributed by atoms with Gasteiger partial charge in [-0.15, -0.1) is 0 Å². The second kappa shape index (κ2) is 2.89. The Morgan fingerprint density at radius 1 is 1.40 bits per heavy atom. The van der Waals surface area contributed by atoms with E-state index < -0.39 is 0 Å². The standard InChI is InChI=1S/C8H17NO/c1-8(9-2)5-3-7(10)4-6-8/h7,9-10H,3-6H2,1-2H3. The first-order chi connectivity index (χ1) is 4.66. The van der Waals surface area contributed by atoms with Crippen LogP contribution in [0.5, 0.6) is 0 Å². The molecule has 10 heavy (non-hydrogen) atoms. The zero-order chi connectivity index (χ0) is 7.61. The zero-order valence-electron chi connectivity index (χ0n) is 6.85. The fourth-order valence-corrected chi connectivity index (χ4v) is 1.49. The van der Waals surface area contributed by atoms with E-state index in [-0.39, 0.29) is 6.10 Å². The summed E-state index contributed by atoms with van der Waals surface area (Å²) in [6, 6.07) is 0. The van der Waals surface area contributed by atoms with Crippen LogP contribution in [-0.2, 0) is 0 Å². The molecule has 1 aliphatic rings. The summed E-state index contributed by atoms with van der Waals surface area (Å²) in [6.45, 7) is 2.22. The Morgan fingerprint density at radius 3 is 2.30 bits per heavy atom. The lowest BCUT2D eigenvalue weighted by Gasteiger charge is -2.35. The monoisotopic (exact) mass is 143 g/mol. The van der Waals surface area contributed by atoms with Gasteiger partial charge in [0.15, 0.2) is 0 Å². The normalized spacial score (nSPS) is 41.7. The number of nitrogens with one attached hydrogen (secondary N) is 1. The van der Waals surface area contributed by atoms with Crippen molar-refractivity contribution in [3.63, 3.8) is 0 Å². The van der Waals surface area contributed by atoms with Crippen LogP contribution in [0.3, 0.4) is 0 Å². The molecule has 0 aliphatic heterocycles. The highest BCUT2D eigenvalue weighted by Crippen LogP contribution is 2.27. The molecule has 0 unspecified atom stereocenters. The summed E-state index contributed by atoms with van der Waals surface area (Å²) < 4.78 is 0. The average molecular weight is 143 g/mol. The van der Waals surface area contributed by atoms with Gasteiger partial charge >= 0.3 is 0 Å². The molecule has 2 nitrogen and oxygen atoms in total. The Labute approximate surface area is 62.6 Å². The summed E-state index contributed by atoms with van der Waals surface area (Å²) in [5.74, 6) is 0. The second-order valence-electron chi connectivity index (χ2n) is 3.54. The Bertz CT molecular complexity index is 106. The van der Waals surface area contributed by atoms with Crippen molar-refractivity contribution in [1.82, 2.24) is 5.32 Å². The number of hydrogen-bond acceptors (Lipinski definition) is 2. The first kappa shape index (κ1) is 8.02. The van der Waals surface area contributed by atoms with Crippen LogP contribution in [0.1, 0.15) is 32.6 Å². The highest BCUT2D eigenvalue weighted by atomic mass is 16.3. The van der Waals surface area contributed by atoms with Gasteiger partial charge in [0.25, 0.3) is 0 Å². The molecule has 0 atom stereocenters. The van der Waals surface area contributed by atoms with Crippen molar-refractivity contribution in [1.29, 1.82) is 0 Å². The van der Waals surface area contributed by atoms with Gasteiger partial charge in [-0.05, 0) is 39.7 Å². The minimum absolute atomic E-state index is 0.0403. The number of aliphatic hydroxyl groups is 1. The van der Waals surface area contributed by atoms with E-state index in [0.717, 1.165) is 25.7 Å². The quantitative estimate of drug-likeness (QED) is 0.571. The predicted octanol–water partition coefficient (Wildman–Crippen LogP) is 0.899. The molecule has 0 saturated heterocycles. The van der Waals surface area contributed by atoms with E-state index in [4.69, 9.17) is 0 Å². The molecule has 2 heteroatoms. The SMILES string of the molecule is CNC1(C)CCC(O)CC1. The van der Waals surface area contributed by atoms with Crippen LogP contribution < -0.4 is 5.32 Å². The summed E-state index contributed by atoms with van der Waals surface area (Å²) >= 11 is 0. The molecular weight excluding hydrogens is 126 g/mol. The van der Waals surface area contributed by atoms with E-state index in [1.165, 1.54) is 0 Å². The molecule has 2 N–H and O–H groups in total. The topological polar surface area (TPSA) is 32.3 Å². The van der Waals surface area contributed by atoms with Crippen LogP contribution >= 0.6 is 0 Å². The lowest BCUT2D eigenvalue weighted by molar-refractivity contribution is 0.0927. The van der Waals surface area contributed by atoms with Crippen molar-refractivity contribution in [2.75, 3.05) is 7.05 Å². The molecule has 0 spiro atoms. The first-order valence-corrected chi connectivity index (χ1v) is 4.03. The van der Waals surface area contributed by atoms with Crippen LogP contribution in [0.15, 0.2) is 0 Å². The van der Waals surface area contributed by atoms with Crippen LogP contribution in [-0.4, -0.2) is 23.8 Å². The van der Waals surface area contributed by atoms with Gasteiger partial charge in [0.1, 0.15) is 0 Å². The third-order valence-corrected chi connectivity index (χ3v) is 2.66.